The highest BCUT2D eigenvalue weighted by Gasteiger charge is 2.29. The van der Waals surface area contributed by atoms with Gasteiger partial charge < -0.3 is 36.1 Å². The van der Waals surface area contributed by atoms with Crippen LogP contribution in [0.1, 0.15) is 30.5 Å². The Hall–Kier alpha value is -2.67. The van der Waals surface area contributed by atoms with Crippen molar-refractivity contribution in [1.82, 2.24) is 10.6 Å². The normalized spacial score (nSPS) is 19.9. The predicted molar refractivity (Wildman–Crippen MR) is 144 cm³/mol. The summed E-state index contributed by atoms with van der Waals surface area (Å²) in [6.07, 6.45) is 0.108. The summed E-state index contributed by atoms with van der Waals surface area (Å²) in [5.74, 6) is -1.71. The zero-order valence-electron chi connectivity index (χ0n) is 20.9. The lowest BCUT2D eigenvalue weighted by Crippen LogP contribution is -2.56. The number of rotatable bonds is 2. The van der Waals surface area contributed by atoms with Crippen LogP contribution in [0.25, 0.3) is 0 Å². The molecule has 0 fully saturated rings. The molecule has 12 heteroatoms. The number of methoxy groups -OCH3 is 1. The number of hydrogen-bond donors (Lipinski definition) is 5. The first kappa shape index (κ1) is 30.6. The van der Waals surface area contributed by atoms with Gasteiger partial charge in [-0.15, -0.1) is 0 Å². The second-order valence-electron chi connectivity index (χ2n) is 8.09. The molecule has 6 N–H and O–H groups in total. The zero-order valence-corrected chi connectivity index (χ0v) is 24.1. The number of halogens is 2. The van der Waals surface area contributed by atoms with Gasteiger partial charge in [-0.1, -0.05) is 19.9 Å². The van der Waals surface area contributed by atoms with E-state index in [-0.39, 0.29) is 24.3 Å². The lowest BCUT2D eigenvalue weighted by molar-refractivity contribution is -0.145. The van der Waals surface area contributed by atoms with E-state index in [0.29, 0.717) is 31.4 Å². The molecule has 0 saturated carbocycles. The minimum absolute atomic E-state index is 0.0430. The van der Waals surface area contributed by atoms with Crippen molar-refractivity contribution in [1.29, 1.82) is 0 Å². The fraction of sp³-hybridized carbons (Fsp3) is 0.400. The fourth-order valence-corrected chi connectivity index (χ4v) is 5.06. The summed E-state index contributed by atoms with van der Waals surface area (Å²) in [7, 11) is 1.19. The van der Waals surface area contributed by atoms with Crippen molar-refractivity contribution in [3.05, 3.63) is 49.9 Å². The van der Waals surface area contributed by atoms with Crippen molar-refractivity contribution in [3.8, 4) is 17.2 Å². The quantitative estimate of drug-likeness (QED) is 0.312. The Morgan fingerprint density at radius 1 is 1.08 bits per heavy atom. The molecular weight excluding hydrogens is 614 g/mol. The van der Waals surface area contributed by atoms with Crippen molar-refractivity contribution in [2.45, 2.75) is 51.7 Å². The van der Waals surface area contributed by atoms with Crippen LogP contribution in [0.3, 0.4) is 0 Å². The Kier molecular flexibility index (Phi) is 11.4. The summed E-state index contributed by atoms with van der Waals surface area (Å²) in [5, 5.41) is 25.2. The summed E-state index contributed by atoms with van der Waals surface area (Å²) < 4.78 is 11.9. The number of nitrogens with one attached hydrogen (secondary N) is 2. The molecule has 3 atom stereocenters. The zero-order chi connectivity index (χ0) is 27.9. The average molecular weight is 645 g/mol. The van der Waals surface area contributed by atoms with E-state index < -0.39 is 42.5 Å². The molecule has 4 bridgehead atoms. The van der Waals surface area contributed by atoms with Crippen molar-refractivity contribution >= 4 is 49.6 Å². The topological polar surface area (TPSA) is 160 Å². The van der Waals surface area contributed by atoms with E-state index in [1.54, 1.807) is 31.2 Å². The van der Waals surface area contributed by atoms with Crippen molar-refractivity contribution < 1.29 is 34.1 Å². The molecule has 10 nitrogen and oxygen atoms in total. The van der Waals surface area contributed by atoms with Crippen LogP contribution in [0.4, 0.5) is 0 Å². The van der Waals surface area contributed by atoms with Crippen LogP contribution in [0, 0.1) is 6.92 Å². The number of amides is 2. The van der Waals surface area contributed by atoms with Crippen LogP contribution in [-0.4, -0.2) is 59.8 Å². The van der Waals surface area contributed by atoms with Crippen LogP contribution >= 0.6 is 31.9 Å². The number of benzene rings is 2. The molecule has 2 amide bonds. The van der Waals surface area contributed by atoms with Gasteiger partial charge in [-0.2, -0.15) is 0 Å². The maximum atomic E-state index is 12.8. The summed E-state index contributed by atoms with van der Waals surface area (Å²) in [5.41, 5.74) is 7.82. The average Bonchev–Trinajstić information content (AvgIpc) is 2.86. The molecule has 0 aromatic heterocycles. The fourth-order valence-electron chi connectivity index (χ4n) is 3.62. The minimum Gasteiger partial charge on any atom is -0.504 e. The number of esters is 1. The van der Waals surface area contributed by atoms with Gasteiger partial charge >= 0.3 is 5.97 Å². The molecule has 2 aliphatic heterocycles. The first-order valence-corrected chi connectivity index (χ1v) is 13.2. The van der Waals surface area contributed by atoms with Gasteiger partial charge in [0.1, 0.15) is 12.1 Å². The predicted octanol–water partition coefficient (Wildman–Crippen LogP) is 2.60. The number of carbonyl (C=O) groups is 3. The van der Waals surface area contributed by atoms with Gasteiger partial charge in [0.2, 0.25) is 11.8 Å². The Morgan fingerprint density at radius 2 is 1.68 bits per heavy atom. The van der Waals surface area contributed by atoms with Crippen molar-refractivity contribution in [2.75, 3.05) is 13.7 Å². The van der Waals surface area contributed by atoms with Crippen LogP contribution in [0.15, 0.2) is 33.2 Å². The molecule has 0 saturated heterocycles. The van der Waals surface area contributed by atoms with Gasteiger partial charge in [-0.05, 0) is 80.1 Å². The third-order valence-corrected chi connectivity index (χ3v) is 6.62. The molecular formula is C25H31Br2N3O7. The summed E-state index contributed by atoms with van der Waals surface area (Å²) in [6, 6.07) is 3.15. The van der Waals surface area contributed by atoms with E-state index in [4.69, 9.17) is 15.2 Å². The number of aromatic hydroxyl groups is 1. The molecule has 202 valence electrons. The summed E-state index contributed by atoms with van der Waals surface area (Å²) in [4.78, 5) is 37.8. The maximum Gasteiger partial charge on any atom is 0.328 e. The number of carbonyl (C=O) groups excluding carboxylic acids is 3. The van der Waals surface area contributed by atoms with Gasteiger partial charge in [0, 0.05) is 6.42 Å². The lowest BCUT2D eigenvalue weighted by atomic mass is 10.0. The van der Waals surface area contributed by atoms with Crippen molar-refractivity contribution in [3.63, 3.8) is 0 Å². The van der Waals surface area contributed by atoms with E-state index in [9.17, 15) is 24.6 Å². The minimum atomic E-state index is -1.34. The van der Waals surface area contributed by atoms with E-state index in [1.165, 1.54) is 7.11 Å². The standard InChI is InChI=1S/C23H25Br2N3O7.C2H6/c1-10-3-11-6-15(26)21(31)28-17(9-29)22(32)27-16(23(33)34-2)7-12-4-13(24)20(14(25)5-12)35-18(8-11)19(10)30;1-2/h3-5,8,15-17,29-30H,6-7,9,26H2,1-2H3,(H,27,32)(H,28,31);1-2H3/t15-,16-,17-;/m0./s1. The number of ether oxygens (including phenoxy) is 2. The highest BCUT2D eigenvalue weighted by molar-refractivity contribution is 9.11. The molecule has 2 aromatic carbocycles. The number of hydrogen-bond acceptors (Lipinski definition) is 8. The number of fused-ring (bicyclic) bond motifs is 10. The number of aliphatic hydroxyl groups excluding tert-OH is 1. The molecule has 0 radical (unpaired) electrons. The van der Waals surface area contributed by atoms with E-state index in [0.717, 1.165) is 0 Å². The third-order valence-electron chi connectivity index (χ3n) is 5.45. The second-order valence-corrected chi connectivity index (χ2v) is 9.80. The molecule has 37 heavy (non-hydrogen) atoms. The van der Waals surface area contributed by atoms with Gasteiger partial charge in [0.25, 0.3) is 0 Å². The van der Waals surface area contributed by atoms with E-state index in [1.807, 2.05) is 13.8 Å². The van der Waals surface area contributed by atoms with Gasteiger partial charge in [-0.3, -0.25) is 9.59 Å². The van der Waals surface area contributed by atoms with E-state index in [2.05, 4.69) is 42.5 Å². The first-order chi connectivity index (χ1) is 17.5. The highest BCUT2D eigenvalue weighted by atomic mass is 79.9. The van der Waals surface area contributed by atoms with Gasteiger partial charge in [0.15, 0.2) is 17.2 Å². The van der Waals surface area contributed by atoms with Crippen LogP contribution in [-0.2, 0) is 32.0 Å². The van der Waals surface area contributed by atoms with Crippen LogP contribution in [0.5, 0.6) is 17.2 Å². The number of phenols is 1. The Labute approximate surface area is 232 Å². The largest absolute Gasteiger partial charge is 0.504 e. The summed E-state index contributed by atoms with van der Waals surface area (Å²) in [6.45, 7) is 4.98. The van der Waals surface area contributed by atoms with Gasteiger partial charge in [0.05, 0.1) is 28.7 Å². The molecule has 4 rings (SSSR count). The first-order valence-electron chi connectivity index (χ1n) is 11.6. The van der Waals surface area contributed by atoms with Crippen LogP contribution in [0.2, 0.25) is 0 Å². The number of phenolic OH excluding ortho intramolecular Hbond substituents is 1. The molecule has 0 spiro atoms. The molecule has 0 aliphatic carbocycles. The third kappa shape index (κ3) is 7.67. The second kappa shape index (κ2) is 13.8. The Balaban J connectivity index is 0.00000235. The van der Waals surface area contributed by atoms with Crippen LogP contribution < -0.4 is 21.1 Å². The molecule has 2 aliphatic rings. The molecule has 2 heterocycles. The molecule has 0 unspecified atom stereocenters. The Morgan fingerprint density at radius 3 is 2.24 bits per heavy atom. The number of aliphatic hydroxyl groups is 1. The van der Waals surface area contributed by atoms with Crippen molar-refractivity contribution in [2.24, 2.45) is 5.73 Å². The number of nitrogens with two attached hydrogens (primary N) is 1. The SMILES string of the molecule is CC.COC(=O)[C@@H]1Cc2cc(Br)c(c(Br)c2)Oc2cc(cc(C)c2O)C[C@H](N)C(=O)N[C@@H](CO)C(=O)N1. The summed E-state index contributed by atoms with van der Waals surface area (Å²) >= 11 is 6.91. The number of aryl methyl sites for hydroxylation is 1. The maximum absolute atomic E-state index is 12.8. The highest BCUT2D eigenvalue weighted by Crippen LogP contribution is 2.42. The Bertz CT molecular complexity index is 1140. The lowest BCUT2D eigenvalue weighted by Gasteiger charge is -2.22. The van der Waals surface area contributed by atoms with E-state index >= 15 is 0 Å². The monoisotopic (exact) mass is 643 g/mol. The van der Waals surface area contributed by atoms with Gasteiger partial charge in [-0.25, -0.2) is 4.79 Å². The molecule has 2 aromatic rings. The smallest absolute Gasteiger partial charge is 0.328 e.